The number of carbonyl (C=O) groups excluding carboxylic acids is 1. The van der Waals surface area contributed by atoms with Gasteiger partial charge in [-0.1, -0.05) is 0 Å². The van der Waals surface area contributed by atoms with Gasteiger partial charge in [-0.05, 0) is 26.7 Å². The Balaban J connectivity index is 2.57. The smallest absolute Gasteiger partial charge is 0.323 e. The van der Waals surface area contributed by atoms with Gasteiger partial charge >= 0.3 is 5.97 Å². The molecule has 1 rings (SSSR count). The Kier molecular flexibility index (Phi) is 3.50. The minimum Gasteiger partial charge on any atom is -0.468 e. The van der Waals surface area contributed by atoms with Crippen LogP contribution < -0.4 is 0 Å². The van der Waals surface area contributed by atoms with Crippen LogP contribution in [-0.2, 0) is 9.53 Å². The highest BCUT2D eigenvalue weighted by Crippen LogP contribution is 2.30. The molecule has 0 aliphatic carbocycles. The predicted molar refractivity (Wildman–Crippen MR) is 52.9 cm³/mol. The van der Waals surface area contributed by atoms with E-state index in [4.69, 9.17) is 9.84 Å². The number of aliphatic hydroxyl groups excluding tert-OH is 1. The third-order valence-electron chi connectivity index (χ3n) is 2.99. The number of esters is 1. The largest absolute Gasteiger partial charge is 0.468 e. The molecule has 1 aliphatic heterocycles. The lowest BCUT2D eigenvalue weighted by molar-refractivity contribution is -0.157. The van der Waals surface area contributed by atoms with Crippen LogP contribution >= 0.6 is 0 Å². The van der Waals surface area contributed by atoms with Crippen LogP contribution in [0.1, 0.15) is 26.7 Å². The first-order chi connectivity index (χ1) is 6.53. The molecule has 1 unspecified atom stereocenters. The number of methoxy groups -OCH3 is 1. The standard InChI is InChI=1S/C10H19NO3/c1-10(2,5-7-12)11-6-4-8(11)9(13)14-3/h8,12H,4-7H2,1-3H3. The molecule has 14 heavy (non-hydrogen) atoms. The van der Waals surface area contributed by atoms with E-state index in [9.17, 15) is 4.79 Å². The van der Waals surface area contributed by atoms with E-state index in [1.165, 1.54) is 7.11 Å². The molecule has 82 valence electrons. The van der Waals surface area contributed by atoms with Gasteiger partial charge in [0.2, 0.25) is 0 Å². The molecular formula is C10H19NO3. The molecule has 0 radical (unpaired) electrons. The third-order valence-corrected chi connectivity index (χ3v) is 2.99. The quantitative estimate of drug-likeness (QED) is 0.669. The van der Waals surface area contributed by atoms with Crippen LogP contribution in [0.3, 0.4) is 0 Å². The summed E-state index contributed by atoms with van der Waals surface area (Å²) in [6.07, 6.45) is 1.54. The van der Waals surface area contributed by atoms with Crippen molar-refractivity contribution in [3.63, 3.8) is 0 Å². The number of nitrogens with zero attached hydrogens (tertiary/aromatic N) is 1. The van der Waals surface area contributed by atoms with Crippen molar-refractivity contribution in [2.75, 3.05) is 20.3 Å². The monoisotopic (exact) mass is 201 g/mol. The van der Waals surface area contributed by atoms with Crippen LogP contribution in [0.2, 0.25) is 0 Å². The molecule has 0 aromatic rings. The molecule has 0 aromatic heterocycles. The topological polar surface area (TPSA) is 49.8 Å². The fraction of sp³-hybridized carbons (Fsp3) is 0.900. The summed E-state index contributed by atoms with van der Waals surface area (Å²) in [5.41, 5.74) is -0.119. The molecule has 0 aromatic carbocycles. The van der Waals surface area contributed by atoms with Gasteiger partial charge in [-0.2, -0.15) is 0 Å². The van der Waals surface area contributed by atoms with Crippen LogP contribution in [0.4, 0.5) is 0 Å². The van der Waals surface area contributed by atoms with Crippen LogP contribution in [0.25, 0.3) is 0 Å². The average Bonchev–Trinajstić information content (AvgIpc) is 2.00. The summed E-state index contributed by atoms with van der Waals surface area (Å²) >= 11 is 0. The fourth-order valence-electron chi connectivity index (χ4n) is 1.91. The number of likely N-dealkylation sites (tertiary alicyclic amines) is 1. The lowest BCUT2D eigenvalue weighted by Crippen LogP contribution is -2.61. The van der Waals surface area contributed by atoms with E-state index < -0.39 is 0 Å². The van der Waals surface area contributed by atoms with Gasteiger partial charge in [-0.3, -0.25) is 9.69 Å². The maximum atomic E-state index is 11.3. The van der Waals surface area contributed by atoms with Crippen molar-refractivity contribution < 1.29 is 14.6 Å². The second kappa shape index (κ2) is 4.28. The molecule has 0 bridgehead atoms. The first-order valence-electron chi connectivity index (χ1n) is 4.98. The van der Waals surface area contributed by atoms with Crippen molar-refractivity contribution in [2.24, 2.45) is 0 Å². The lowest BCUT2D eigenvalue weighted by Gasteiger charge is -2.49. The third kappa shape index (κ3) is 2.07. The number of aliphatic hydroxyl groups is 1. The van der Waals surface area contributed by atoms with Gasteiger partial charge in [0.25, 0.3) is 0 Å². The molecular weight excluding hydrogens is 182 g/mol. The molecule has 0 spiro atoms. The molecule has 1 heterocycles. The van der Waals surface area contributed by atoms with Gasteiger partial charge < -0.3 is 9.84 Å². The number of rotatable bonds is 4. The average molecular weight is 201 g/mol. The zero-order valence-corrected chi connectivity index (χ0v) is 9.12. The molecule has 4 heteroatoms. The van der Waals surface area contributed by atoms with Gasteiger partial charge in [-0.25, -0.2) is 0 Å². The van der Waals surface area contributed by atoms with Gasteiger partial charge in [-0.15, -0.1) is 0 Å². The minimum absolute atomic E-state index is 0.110. The summed E-state index contributed by atoms with van der Waals surface area (Å²) in [7, 11) is 1.41. The lowest BCUT2D eigenvalue weighted by atomic mass is 9.89. The molecule has 1 aliphatic rings. The zero-order chi connectivity index (χ0) is 10.8. The van der Waals surface area contributed by atoms with Crippen LogP contribution in [0.5, 0.6) is 0 Å². The van der Waals surface area contributed by atoms with Crippen molar-refractivity contribution in [2.45, 2.75) is 38.3 Å². The highest BCUT2D eigenvalue weighted by molar-refractivity contribution is 5.76. The second-order valence-electron chi connectivity index (χ2n) is 4.31. The normalized spacial score (nSPS) is 23.0. The van der Waals surface area contributed by atoms with Crippen LogP contribution in [0, 0.1) is 0 Å². The second-order valence-corrected chi connectivity index (χ2v) is 4.31. The Labute approximate surface area is 84.8 Å². The number of ether oxygens (including phenoxy) is 1. The van der Waals surface area contributed by atoms with E-state index in [1.807, 2.05) is 13.8 Å². The summed E-state index contributed by atoms with van der Waals surface area (Å²) < 4.78 is 4.71. The Morgan fingerprint density at radius 3 is 2.64 bits per heavy atom. The summed E-state index contributed by atoms with van der Waals surface area (Å²) in [6.45, 7) is 5.14. The Hall–Kier alpha value is -0.610. The minimum atomic E-state index is -0.165. The number of carbonyl (C=O) groups is 1. The Morgan fingerprint density at radius 1 is 1.64 bits per heavy atom. The first-order valence-corrected chi connectivity index (χ1v) is 4.98. The fourth-order valence-corrected chi connectivity index (χ4v) is 1.91. The van der Waals surface area contributed by atoms with E-state index in [0.717, 1.165) is 13.0 Å². The zero-order valence-electron chi connectivity index (χ0n) is 9.12. The SMILES string of the molecule is COC(=O)C1CCN1C(C)(C)CCO. The van der Waals surface area contributed by atoms with E-state index in [1.54, 1.807) is 0 Å². The van der Waals surface area contributed by atoms with E-state index in [0.29, 0.717) is 6.42 Å². The van der Waals surface area contributed by atoms with Gasteiger partial charge in [0.15, 0.2) is 0 Å². The maximum absolute atomic E-state index is 11.3. The van der Waals surface area contributed by atoms with E-state index >= 15 is 0 Å². The molecule has 1 N–H and O–H groups in total. The summed E-state index contributed by atoms with van der Waals surface area (Å²) in [5.74, 6) is -0.165. The van der Waals surface area contributed by atoms with Crippen molar-refractivity contribution in [1.29, 1.82) is 0 Å². The molecule has 1 atom stereocenters. The number of hydrogen-bond donors (Lipinski definition) is 1. The summed E-state index contributed by atoms with van der Waals surface area (Å²) in [5, 5.41) is 8.91. The van der Waals surface area contributed by atoms with Gasteiger partial charge in [0, 0.05) is 18.7 Å². The molecule has 1 saturated heterocycles. The van der Waals surface area contributed by atoms with Crippen molar-refractivity contribution in [3.8, 4) is 0 Å². The molecule has 0 saturated carbocycles. The van der Waals surface area contributed by atoms with Crippen molar-refractivity contribution in [1.82, 2.24) is 4.90 Å². The predicted octanol–water partition coefficient (Wildman–Crippen LogP) is 0.395. The Morgan fingerprint density at radius 2 is 2.29 bits per heavy atom. The van der Waals surface area contributed by atoms with Crippen LogP contribution in [0.15, 0.2) is 0 Å². The van der Waals surface area contributed by atoms with E-state index in [2.05, 4.69) is 4.90 Å². The molecule has 1 fully saturated rings. The van der Waals surface area contributed by atoms with Gasteiger partial charge in [0.05, 0.1) is 7.11 Å². The van der Waals surface area contributed by atoms with Crippen LogP contribution in [-0.4, -0.2) is 47.8 Å². The van der Waals surface area contributed by atoms with E-state index in [-0.39, 0.29) is 24.2 Å². The van der Waals surface area contributed by atoms with Crippen molar-refractivity contribution in [3.05, 3.63) is 0 Å². The Bertz CT molecular complexity index is 215. The summed E-state index contributed by atoms with van der Waals surface area (Å²) in [4.78, 5) is 13.4. The van der Waals surface area contributed by atoms with Gasteiger partial charge in [0.1, 0.15) is 6.04 Å². The first kappa shape index (κ1) is 11.5. The number of hydrogen-bond acceptors (Lipinski definition) is 4. The molecule has 4 nitrogen and oxygen atoms in total. The highest BCUT2D eigenvalue weighted by atomic mass is 16.5. The molecule has 0 amide bonds. The van der Waals surface area contributed by atoms with Crippen molar-refractivity contribution >= 4 is 5.97 Å². The highest BCUT2D eigenvalue weighted by Gasteiger charge is 2.42. The summed E-state index contributed by atoms with van der Waals surface area (Å²) in [6, 6.07) is -0.110. The maximum Gasteiger partial charge on any atom is 0.323 e.